The molecule has 0 aromatic heterocycles. The summed E-state index contributed by atoms with van der Waals surface area (Å²) in [4.78, 5) is 12.3. The van der Waals surface area contributed by atoms with E-state index in [1.807, 2.05) is 12.0 Å². The summed E-state index contributed by atoms with van der Waals surface area (Å²) in [6.45, 7) is -0.691. The van der Waals surface area contributed by atoms with Crippen LogP contribution in [0.15, 0.2) is 42.5 Å². The fourth-order valence-corrected chi connectivity index (χ4v) is 2.17. The number of ether oxygens (including phenoxy) is 1. The summed E-state index contributed by atoms with van der Waals surface area (Å²) in [6, 6.07) is 11.6. The van der Waals surface area contributed by atoms with Gasteiger partial charge in [0.1, 0.15) is 12.4 Å². The molecular formula is C20H12F3N3O3. The molecule has 29 heavy (non-hydrogen) atoms. The van der Waals surface area contributed by atoms with Crippen LogP contribution < -0.4 is 10.1 Å². The van der Waals surface area contributed by atoms with Gasteiger partial charge in [-0.05, 0) is 42.5 Å². The van der Waals surface area contributed by atoms with Crippen molar-refractivity contribution in [3.8, 4) is 30.2 Å². The maximum atomic E-state index is 13.0. The molecule has 0 saturated carbocycles. The van der Waals surface area contributed by atoms with Gasteiger partial charge in [-0.15, -0.1) is 6.42 Å². The second-order valence-electron chi connectivity index (χ2n) is 5.75. The maximum Gasteiger partial charge on any atom is 0.417 e. The lowest BCUT2D eigenvalue weighted by Crippen LogP contribution is -2.46. The lowest BCUT2D eigenvalue weighted by molar-refractivity contribution is -0.138. The van der Waals surface area contributed by atoms with Gasteiger partial charge in [-0.2, -0.15) is 23.7 Å². The molecule has 2 aromatic carbocycles. The van der Waals surface area contributed by atoms with E-state index < -0.39 is 35.4 Å². The van der Waals surface area contributed by atoms with E-state index in [0.29, 0.717) is 11.6 Å². The Morgan fingerprint density at radius 3 is 2.31 bits per heavy atom. The zero-order valence-electron chi connectivity index (χ0n) is 14.6. The molecule has 0 saturated heterocycles. The summed E-state index contributed by atoms with van der Waals surface area (Å²) in [5, 5.41) is 30.0. The zero-order chi connectivity index (χ0) is 21.7. The first-order valence-corrected chi connectivity index (χ1v) is 7.89. The molecule has 2 aromatic rings. The minimum absolute atomic E-state index is 0.211. The maximum absolute atomic E-state index is 13.0. The first-order valence-electron chi connectivity index (χ1n) is 7.89. The molecule has 0 radical (unpaired) electrons. The number of alkyl halides is 3. The molecule has 0 spiro atoms. The van der Waals surface area contributed by atoms with Crippen LogP contribution in [0.2, 0.25) is 0 Å². The van der Waals surface area contributed by atoms with Crippen molar-refractivity contribution < 1.29 is 27.8 Å². The minimum Gasteiger partial charge on any atom is -0.489 e. The Kier molecular flexibility index (Phi) is 6.13. The average Bonchev–Trinajstić information content (AvgIpc) is 2.71. The highest BCUT2D eigenvalue weighted by molar-refractivity contribution is 5.99. The van der Waals surface area contributed by atoms with Crippen LogP contribution in [0.25, 0.3) is 0 Å². The van der Waals surface area contributed by atoms with Crippen molar-refractivity contribution in [1.29, 1.82) is 10.5 Å². The third kappa shape index (κ3) is 5.04. The van der Waals surface area contributed by atoms with Crippen LogP contribution in [-0.4, -0.2) is 23.2 Å². The predicted molar refractivity (Wildman–Crippen MR) is 95.2 cm³/mol. The van der Waals surface area contributed by atoms with E-state index in [0.717, 1.165) is 12.1 Å². The molecule has 2 N–H and O–H groups in total. The number of rotatable bonds is 5. The van der Waals surface area contributed by atoms with E-state index in [1.165, 1.54) is 30.3 Å². The monoisotopic (exact) mass is 399 g/mol. The summed E-state index contributed by atoms with van der Waals surface area (Å²) < 4.78 is 44.3. The van der Waals surface area contributed by atoms with Crippen LogP contribution in [0, 0.1) is 35.0 Å². The summed E-state index contributed by atoms with van der Waals surface area (Å²) in [6.07, 6.45) is 0.397. The fourth-order valence-electron chi connectivity index (χ4n) is 2.17. The van der Waals surface area contributed by atoms with Crippen LogP contribution >= 0.6 is 0 Å². The number of hydrogen-bond acceptors (Lipinski definition) is 5. The molecule has 9 heteroatoms. The van der Waals surface area contributed by atoms with E-state index >= 15 is 0 Å². The number of anilines is 1. The van der Waals surface area contributed by atoms with E-state index in [4.69, 9.17) is 21.7 Å². The van der Waals surface area contributed by atoms with Crippen LogP contribution in [0.5, 0.6) is 5.75 Å². The van der Waals surface area contributed by atoms with E-state index in [2.05, 4.69) is 5.32 Å². The van der Waals surface area contributed by atoms with Crippen molar-refractivity contribution in [3.05, 3.63) is 59.2 Å². The summed E-state index contributed by atoms with van der Waals surface area (Å²) in [5.41, 5.74) is -4.29. The van der Waals surface area contributed by atoms with Crippen LogP contribution in [0.3, 0.4) is 0 Å². The molecule has 2 rings (SSSR count). The van der Waals surface area contributed by atoms with Crippen molar-refractivity contribution >= 4 is 11.6 Å². The molecule has 6 nitrogen and oxygen atoms in total. The average molecular weight is 399 g/mol. The molecule has 0 aliphatic rings. The quantitative estimate of drug-likeness (QED) is 0.752. The second kappa shape index (κ2) is 8.35. The molecule has 0 fully saturated rings. The number of hydrogen-bond donors (Lipinski definition) is 2. The van der Waals surface area contributed by atoms with Gasteiger partial charge in [-0.1, -0.05) is 5.92 Å². The van der Waals surface area contributed by atoms with Gasteiger partial charge in [0, 0.05) is 5.69 Å². The highest BCUT2D eigenvalue weighted by atomic mass is 19.4. The Labute approximate surface area is 163 Å². The highest BCUT2D eigenvalue weighted by Gasteiger charge is 2.37. The lowest BCUT2D eigenvalue weighted by atomic mass is 10.0. The number of nitrogens with zero attached hydrogens (tertiary/aromatic N) is 2. The van der Waals surface area contributed by atoms with Crippen molar-refractivity contribution in [3.63, 3.8) is 0 Å². The number of nitrogens with one attached hydrogen (secondary N) is 1. The molecule has 0 heterocycles. The summed E-state index contributed by atoms with van der Waals surface area (Å²) >= 11 is 0. The first kappa shape index (κ1) is 21.3. The smallest absolute Gasteiger partial charge is 0.417 e. The highest BCUT2D eigenvalue weighted by Crippen LogP contribution is 2.33. The number of benzene rings is 2. The van der Waals surface area contributed by atoms with Gasteiger partial charge in [0.2, 0.25) is 5.60 Å². The Morgan fingerprint density at radius 1 is 1.14 bits per heavy atom. The number of nitriles is 2. The first-order chi connectivity index (χ1) is 13.6. The van der Waals surface area contributed by atoms with Crippen LogP contribution in [0.4, 0.5) is 18.9 Å². The Hall–Kier alpha value is -4.00. The van der Waals surface area contributed by atoms with Gasteiger partial charge >= 0.3 is 6.18 Å². The van der Waals surface area contributed by atoms with Gasteiger partial charge in [-0.25, -0.2) is 0 Å². The zero-order valence-corrected chi connectivity index (χ0v) is 14.6. The SMILES string of the molecule is C#C[C@](O)(COc1ccc(C#N)cc1)C(=O)Nc1ccc(C#N)c(C(F)(F)F)c1. The number of aliphatic hydroxyl groups is 1. The molecular weight excluding hydrogens is 387 g/mol. The Morgan fingerprint density at radius 2 is 1.79 bits per heavy atom. The fraction of sp³-hybridized carbons (Fsp3) is 0.150. The van der Waals surface area contributed by atoms with Gasteiger partial charge < -0.3 is 15.2 Å². The van der Waals surface area contributed by atoms with Crippen LogP contribution in [-0.2, 0) is 11.0 Å². The number of carbonyl (C=O) groups excluding carboxylic acids is 1. The normalized spacial score (nSPS) is 12.6. The molecule has 0 aliphatic heterocycles. The number of halogens is 3. The third-order valence-electron chi connectivity index (χ3n) is 3.75. The predicted octanol–water partition coefficient (Wildman–Crippen LogP) is 2.83. The third-order valence-corrected chi connectivity index (χ3v) is 3.75. The standard InChI is InChI=1S/C20H12F3N3O3/c1-2-19(28,12-29-16-7-3-13(10-24)4-8-16)18(27)26-15-6-5-14(11-25)17(9-15)20(21,22)23/h1,3-9,28H,12H2,(H,26,27)/t19-/m0/s1. The Balaban J connectivity index is 2.17. The topological polar surface area (TPSA) is 106 Å². The molecule has 0 aliphatic carbocycles. The number of amides is 1. The van der Waals surface area contributed by atoms with Crippen LogP contribution in [0.1, 0.15) is 16.7 Å². The molecule has 146 valence electrons. The van der Waals surface area contributed by atoms with Crippen molar-refractivity contribution in [2.24, 2.45) is 0 Å². The molecule has 1 amide bonds. The van der Waals surface area contributed by atoms with Gasteiger partial charge in [-0.3, -0.25) is 4.79 Å². The van der Waals surface area contributed by atoms with Gasteiger partial charge in [0.05, 0.1) is 28.8 Å². The second-order valence-corrected chi connectivity index (χ2v) is 5.75. The molecule has 1 atom stereocenters. The largest absolute Gasteiger partial charge is 0.489 e. The number of carbonyl (C=O) groups is 1. The van der Waals surface area contributed by atoms with Crippen molar-refractivity contribution in [1.82, 2.24) is 0 Å². The van der Waals surface area contributed by atoms with E-state index in [-0.39, 0.29) is 11.4 Å². The van der Waals surface area contributed by atoms with Crippen molar-refractivity contribution in [2.45, 2.75) is 11.8 Å². The lowest BCUT2D eigenvalue weighted by Gasteiger charge is -2.22. The van der Waals surface area contributed by atoms with Gasteiger partial charge in [0.25, 0.3) is 5.91 Å². The van der Waals surface area contributed by atoms with Crippen molar-refractivity contribution in [2.75, 3.05) is 11.9 Å². The molecule has 0 bridgehead atoms. The van der Waals surface area contributed by atoms with E-state index in [9.17, 15) is 23.1 Å². The Bertz CT molecular complexity index is 1040. The molecule has 0 unspecified atom stereocenters. The minimum atomic E-state index is -4.81. The summed E-state index contributed by atoms with van der Waals surface area (Å²) in [5.74, 6) is 0.873. The number of terminal acetylenes is 1. The summed E-state index contributed by atoms with van der Waals surface area (Å²) in [7, 11) is 0. The van der Waals surface area contributed by atoms with Gasteiger partial charge in [0.15, 0.2) is 0 Å². The van der Waals surface area contributed by atoms with E-state index in [1.54, 1.807) is 0 Å².